The Morgan fingerprint density at radius 1 is 1.32 bits per heavy atom. The number of carbonyl (C=O) groups excluding carboxylic acids is 1. The number of carbonyl (C=O) groups is 1. The normalized spacial score (nSPS) is 15.2. The SMILES string of the molecule is O=C(CCCn1c(-c2cccs2)noc1=O)N1CCCCC1. The van der Waals surface area contributed by atoms with E-state index >= 15 is 0 Å². The Labute approximate surface area is 132 Å². The van der Waals surface area contributed by atoms with Gasteiger partial charge in [-0.25, -0.2) is 4.79 Å². The van der Waals surface area contributed by atoms with Crippen molar-refractivity contribution in [1.82, 2.24) is 14.6 Å². The predicted octanol–water partition coefficient (Wildman–Crippen LogP) is 2.36. The molecular formula is C15H19N3O3S. The molecule has 2 aromatic rings. The van der Waals surface area contributed by atoms with Crippen molar-refractivity contribution in [3.05, 3.63) is 28.1 Å². The number of hydrogen-bond acceptors (Lipinski definition) is 5. The van der Waals surface area contributed by atoms with Crippen molar-refractivity contribution in [3.8, 4) is 10.7 Å². The molecule has 0 saturated carbocycles. The van der Waals surface area contributed by atoms with Crippen molar-refractivity contribution in [2.45, 2.75) is 38.6 Å². The first-order chi connectivity index (χ1) is 10.8. The van der Waals surface area contributed by atoms with Gasteiger partial charge in [0.1, 0.15) is 0 Å². The van der Waals surface area contributed by atoms with Crippen LogP contribution in [0, 0.1) is 0 Å². The topological polar surface area (TPSA) is 68.3 Å². The fraction of sp³-hybridized carbons (Fsp3) is 0.533. The Balaban J connectivity index is 1.59. The minimum atomic E-state index is -0.464. The molecule has 1 fully saturated rings. The van der Waals surface area contributed by atoms with Crippen LogP contribution in [0.3, 0.4) is 0 Å². The van der Waals surface area contributed by atoms with Gasteiger partial charge in [-0.1, -0.05) is 11.2 Å². The van der Waals surface area contributed by atoms with Crippen LogP contribution in [0.2, 0.25) is 0 Å². The van der Waals surface area contributed by atoms with Gasteiger partial charge in [-0.05, 0) is 37.1 Å². The van der Waals surface area contributed by atoms with E-state index in [9.17, 15) is 9.59 Å². The Morgan fingerprint density at radius 2 is 2.14 bits per heavy atom. The molecule has 1 amide bonds. The quantitative estimate of drug-likeness (QED) is 0.848. The number of amides is 1. The monoisotopic (exact) mass is 321 g/mol. The molecule has 7 heteroatoms. The highest BCUT2D eigenvalue weighted by Gasteiger charge is 2.17. The molecule has 0 N–H and O–H groups in total. The summed E-state index contributed by atoms with van der Waals surface area (Å²) < 4.78 is 6.27. The van der Waals surface area contributed by atoms with Crippen LogP contribution in [-0.4, -0.2) is 33.6 Å². The van der Waals surface area contributed by atoms with E-state index in [0.717, 1.165) is 30.8 Å². The van der Waals surface area contributed by atoms with Gasteiger partial charge in [-0.15, -0.1) is 11.3 Å². The number of hydrogen-bond donors (Lipinski definition) is 0. The van der Waals surface area contributed by atoms with Crippen molar-refractivity contribution in [2.75, 3.05) is 13.1 Å². The molecule has 22 heavy (non-hydrogen) atoms. The van der Waals surface area contributed by atoms with Gasteiger partial charge in [-0.3, -0.25) is 13.9 Å². The van der Waals surface area contributed by atoms with Crippen molar-refractivity contribution in [1.29, 1.82) is 0 Å². The van der Waals surface area contributed by atoms with Crippen LogP contribution in [0.5, 0.6) is 0 Å². The summed E-state index contributed by atoms with van der Waals surface area (Å²) in [7, 11) is 0. The second kappa shape index (κ2) is 6.91. The third-order valence-electron chi connectivity index (χ3n) is 3.91. The molecule has 1 aliphatic heterocycles. The average Bonchev–Trinajstić information content (AvgIpc) is 3.18. The molecule has 0 bridgehead atoms. The van der Waals surface area contributed by atoms with Gasteiger partial charge in [0.2, 0.25) is 5.91 Å². The summed E-state index contributed by atoms with van der Waals surface area (Å²) in [6, 6.07) is 3.81. The predicted molar refractivity (Wildman–Crippen MR) is 83.7 cm³/mol. The van der Waals surface area contributed by atoms with Crippen LogP contribution in [0.15, 0.2) is 26.8 Å². The Bertz CT molecular complexity index is 669. The fourth-order valence-electron chi connectivity index (χ4n) is 2.74. The lowest BCUT2D eigenvalue weighted by Crippen LogP contribution is -2.35. The van der Waals surface area contributed by atoms with E-state index in [1.807, 2.05) is 22.4 Å². The van der Waals surface area contributed by atoms with Crippen LogP contribution in [-0.2, 0) is 11.3 Å². The number of piperidine rings is 1. The molecule has 0 aliphatic carbocycles. The van der Waals surface area contributed by atoms with Crippen LogP contribution < -0.4 is 5.76 Å². The zero-order valence-electron chi connectivity index (χ0n) is 12.4. The summed E-state index contributed by atoms with van der Waals surface area (Å²) in [6.07, 6.45) is 4.49. The van der Waals surface area contributed by atoms with E-state index in [1.54, 1.807) is 0 Å². The summed E-state index contributed by atoms with van der Waals surface area (Å²) in [5.41, 5.74) is 0. The van der Waals surface area contributed by atoms with E-state index in [-0.39, 0.29) is 5.91 Å². The molecule has 1 saturated heterocycles. The number of likely N-dealkylation sites (tertiary alicyclic amines) is 1. The minimum Gasteiger partial charge on any atom is -0.343 e. The highest BCUT2D eigenvalue weighted by molar-refractivity contribution is 7.13. The number of rotatable bonds is 5. The third-order valence-corrected chi connectivity index (χ3v) is 4.77. The molecule has 0 radical (unpaired) electrons. The summed E-state index contributed by atoms with van der Waals surface area (Å²) in [6.45, 7) is 2.19. The smallest absolute Gasteiger partial charge is 0.343 e. The summed E-state index contributed by atoms with van der Waals surface area (Å²) >= 11 is 1.51. The molecule has 6 nitrogen and oxygen atoms in total. The summed E-state index contributed by atoms with van der Waals surface area (Å²) in [4.78, 5) is 26.7. The van der Waals surface area contributed by atoms with Gasteiger partial charge in [-0.2, -0.15) is 0 Å². The molecule has 118 valence electrons. The lowest BCUT2D eigenvalue weighted by Gasteiger charge is -2.26. The molecule has 0 spiro atoms. The minimum absolute atomic E-state index is 0.182. The third kappa shape index (κ3) is 3.30. The first kappa shape index (κ1) is 15.0. The van der Waals surface area contributed by atoms with Crippen molar-refractivity contribution >= 4 is 17.2 Å². The average molecular weight is 321 g/mol. The summed E-state index contributed by atoms with van der Waals surface area (Å²) in [5.74, 6) is 0.265. The second-order valence-electron chi connectivity index (χ2n) is 5.45. The summed E-state index contributed by atoms with van der Waals surface area (Å²) in [5, 5.41) is 5.77. The lowest BCUT2D eigenvalue weighted by molar-refractivity contribution is -0.132. The van der Waals surface area contributed by atoms with Gasteiger partial charge >= 0.3 is 5.76 Å². The largest absolute Gasteiger partial charge is 0.441 e. The Hall–Kier alpha value is -1.89. The first-order valence-electron chi connectivity index (χ1n) is 7.64. The van der Waals surface area contributed by atoms with Crippen LogP contribution in [0.25, 0.3) is 10.7 Å². The van der Waals surface area contributed by atoms with Gasteiger partial charge in [0.05, 0.1) is 4.88 Å². The zero-order chi connectivity index (χ0) is 15.4. The van der Waals surface area contributed by atoms with E-state index in [4.69, 9.17) is 4.52 Å². The van der Waals surface area contributed by atoms with Crippen LogP contribution >= 0.6 is 11.3 Å². The van der Waals surface area contributed by atoms with Gasteiger partial charge < -0.3 is 4.90 Å². The molecule has 1 aliphatic rings. The molecule has 3 heterocycles. The van der Waals surface area contributed by atoms with E-state index in [1.165, 1.54) is 22.3 Å². The molecule has 2 aromatic heterocycles. The van der Waals surface area contributed by atoms with E-state index < -0.39 is 5.76 Å². The van der Waals surface area contributed by atoms with Crippen molar-refractivity contribution in [3.63, 3.8) is 0 Å². The zero-order valence-corrected chi connectivity index (χ0v) is 13.2. The molecule has 0 unspecified atom stereocenters. The number of nitrogens with zero attached hydrogens (tertiary/aromatic N) is 3. The van der Waals surface area contributed by atoms with Crippen LogP contribution in [0.4, 0.5) is 0 Å². The Morgan fingerprint density at radius 3 is 2.86 bits per heavy atom. The molecule has 0 aromatic carbocycles. The lowest BCUT2D eigenvalue weighted by atomic mass is 10.1. The molecule has 0 atom stereocenters. The molecular weight excluding hydrogens is 302 g/mol. The Kier molecular flexibility index (Phi) is 4.72. The second-order valence-corrected chi connectivity index (χ2v) is 6.39. The van der Waals surface area contributed by atoms with Gasteiger partial charge in [0.25, 0.3) is 0 Å². The fourth-order valence-corrected chi connectivity index (χ4v) is 3.45. The van der Waals surface area contributed by atoms with Crippen molar-refractivity contribution < 1.29 is 9.32 Å². The highest BCUT2D eigenvalue weighted by atomic mass is 32.1. The maximum atomic E-state index is 12.1. The maximum absolute atomic E-state index is 12.1. The van der Waals surface area contributed by atoms with E-state index in [0.29, 0.717) is 25.2 Å². The first-order valence-corrected chi connectivity index (χ1v) is 8.52. The van der Waals surface area contributed by atoms with Crippen LogP contribution in [0.1, 0.15) is 32.1 Å². The molecule has 3 rings (SSSR count). The van der Waals surface area contributed by atoms with E-state index in [2.05, 4.69) is 5.16 Å². The van der Waals surface area contributed by atoms with Gasteiger partial charge in [0.15, 0.2) is 5.82 Å². The highest BCUT2D eigenvalue weighted by Crippen LogP contribution is 2.22. The number of aromatic nitrogens is 2. The maximum Gasteiger partial charge on any atom is 0.441 e. The van der Waals surface area contributed by atoms with Gasteiger partial charge in [0, 0.05) is 26.1 Å². The standard InChI is InChI=1S/C15H19N3O3S/c19-13(17-8-2-1-3-9-17)7-4-10-18-14(16-21-15(18)20)12-6-5-11-22-12/h5-6,11H,1-4,7-10H2. The number of thiophene rings is 1. The van der Waals surface area contributed by atoms with Crippen molar-refractivity contribution in [2.24, 2.45) is 0 Å².